The number of furan rings is 2. The smallest absolute Gasteiger partial charge is 0.160 e. The molecule has 68 heavy (non-hydrogen) atoms. The zero-order chi connectivity index (χ0) is 46.4. The summed E-state index contributed by atoms with van der Waals surface area (Å²) in [5, 5.41) is 4.53. The van der Waals surface area contributed by atoms with Crippen LogP contribution < -0.4 is 9.80 Å². The van der Waals surface area contributed by atoms with E-state index in [1.807, 2.05) is 0 Å². The van der Waals surface area contributed by atoms with E-state index in [2.05, 4.69) is 235 Å². The van der Waals surface area contributed by atoms with Gasteiger partial charge in [-0.3, -0.25) is 0 Å². The summed E-state index contributed by atoms with van der Waals surface area (Å²) in [7, 11) is 0. The van der Waals surface area contributed by atoms with E-state index >= 15 is 0 Å². The lowest BCUT2D eigenvalue weighted by Crippen LogP contribution is -2.18. The predicted octanol–water partition coefficient (Wildman–Crippen LogP) is 18.3. The second-order valence-electron chi connectivity index (χ2n) is 20.3. The summed E-state index contributed by atoms with van der Waals surface area (Å²) in [6, 6.07) is 62.1. The van der Waals surface area contributed by atoms with Crippen molar-refractivity contribution in [3.05, 3.63) is 214 Å². The Bertz CT molecular complexity index is 3840. The van der Waals surface area contributed by atoms with Gasteiger partial charge in [0, 0.05) is 55.3 Å². The van der Waals surface area contributed by atoms with Crippen molar-refractivity contribution in [2.45, 2.75) is 66.2 Å². The molecule has 0 radical (unpaired) electrons. The molecule has 0 aliphatic heterocycles. The van der Waals surface area contributed by atoms with Crippen molar-refractivity contribution < 1.29 is 8.83 Å². The Kier molecular flexibility index (Phi) is 8.53. The standard InChI is InChI=1S/C64H52N2O2/c1-37-21-9-15-27-49(37)65(50-28-16-10-22-38(50)2)53-35-48-58(62-59(53)41-25-13-19-31-55(41)68-62)44-34-45-43(33-46(44)64(48,7)8)57-47(63(45,5)6)36-54(61-60(57)42-26-14-20-32-56(42)67-61)66(51-29-17-11-23-39(51)3)52-30-18-12-24-40(52)4/h9-36H,1-8H3. The van der Waals surface area contributed by atoms with Gasteiger partial charge in [0.25, 0.3) is 0 Å². The summed E-state index contributed by atoms with van der Waals surface area (Å²) >= 11 is 0. The fourth-order valence-electron chi connectivity index (χ4n) is 12.0. The molecule has 4 nitrogen and oxygen atoms in total. The maximum atomic E-state index is 7.20. The fourth-order valence-corrected chi connectivity index (χ4v) is 12.0. The number of hydrogen-bond acceptors (Lipinski definition) is 4. The fraction of sp³-hybridized carbons (Fsp3) is 0.156. The van der Waals surface area contributed by atoms with Crippen LogP contribution in [0.15, 0.2) is 179 Å². The highest BCUT2D eigenvalue weighted by Gasteiger charge is 2.45. The lowest BCUT2D eigenvalue weighted by Gasteiger charge is -2.31. The molecule has 4 heteroatoms. The molecule has 0 N–H and O–H groups in total. The van der Waals surface area contributed by atoms with Gasteiger partial charge in [-0.1, -0.05) is 137 Å². The number of anilines is 6. The van der Waals surface area contributed by atoms with Gasteiger partial charge < -0.3 is 18.6 Å². The number of para-hydroxylation sites is 6. The minimum Gasteiger partial charge on any atom is -0.455 e. The van der Waals surface area contributed by atoms with Crippen molar-refractivity contribution in [1.82, 2.24) is 0 Å². The van der Waals surface area contributed by atoms with Gasteiger partial charge in [-0.2, -0.15) is 0 Å². The molecule has 0 fully saturated rings. The highest BCUT2D eigenvalue weighted by molar-refractivity contribution is 6.21. The van der Waals surface area contributed by atoms with Crippen molar-refractivity contribution in [3.8, 4) is 22.3 Å². The third-order valence-corrected chi connectivity index (χ3v) is 15.6. The van der Waals surface area contributed by atoms with E-state index in [9.17, 15) is 0 Å². The Balaban J connectivity index is 1.10. The zero-order valence-electron chi connectivity index (χ0n) is 39.9. The Labute approximate surface area is 397 Å². The van der Waals surface area contributed by atoms with E-state index in [0.717, 1.165) is 78.0 Å². The van der Waals surface area contributed by atoms with Crippen LogP contribution in [-0.4, -0.2) is 0 Å². The lowest BCUT2D eigenvalue weighted by molar-refractivity contribution is 0.649. The Morgan fingerprint density at radius 1 is 0.338 bits per heavy atom. The first-order chi connectivity index (χ1) is 32.9. The SMILES string of the molecule is Cc1ccccc1N(c1ccccc1C)c1cc2c(c3c1oc1ccccc13)-c1cc3c(cc1C2(C)C)-c1c(cc(N(c2ccccc2C)c2ccccc2C)c2c1oc1ccccc12)C3(C)C. The van der Waals surface area contributed by atoms with E-state index in [-0.39, 0.29) is 10.8 Å². The van der Waals surface area contributed by atoms with Crippen molar-refractivity contribution >= 4 is 78.0 Å². The Morgan fingerprint density at radius 3 is 1.19 bits per heavy atom. The van der Waals surface area contributed by atoms with Gasteiger partial charge in [0.15, 0.2) is 5.58 Å². The molecule has 0 unspecified atom stereocenters. The molecule has 9 aromatic carbocycles. The first-order valence-electron chi connectivity index (χ1n) is 23.9. The minimum atomic E-state index is -0.373. The molecule has 330 valence electrons. The van der Waals surface area contributed by atoms with Crippen LogP contribution in [0.25, 0.3) is 66.1 Å². The number of aryl methyl sites for hydroxylation is 4. The van der Waals surface area contributed by atoms with E-state index in [0.29, 0.717) is 0 Å². The van der Waals surface area contributed by atoms with Gasteiger partial charge in [-0.05, 0) is 150 Å². The number of fused-ring (bicyclic) bond motifs is 14. The second kappa shape index (κ2) is 14.3. The van der Waals surface area contributed by atoms with Crippen molar-refractivity contribution in [3.63, 3.8) is 0 Å². The molecule has 0 saturated carbocycles. The normalized spacial score (nSPS) is 14.1. The van der Waals surface area contributed by atoms with E-state index in [4.69, 9.17) is 8.83 Å². The molecule has 2 aromatic heterocycles. The number of hydrogen-bond donors (Lipinski definition) is 0. The molecule has 13 rings (SSSR count). The van der Waals surface area contributed by atoms with Gasteiger partial charge in [-0.15, -0.1) is 0 Å². The molecule has 11 aromatic rings. The lowest BCUT2D eigenvalue weighted by atomic mass is 9.79. The van der Waals surface area contributed by atoms with Crippen molar-refractivity contribution in [1.29, 1.82) is 0 Å². The van der Waals surface area contributed by atoms with Crippen LogP contribution in [0.3, 0.4) is 0 Å². The van der Waals surface area contributed by atoms with Crippen LogP contribution in [0.4, 0.5) is 34.1 Å². The molecule has 0 amide bonds. The minimum absolute atomic E-state index is 0.365. The molecule has 2 aliphatic rings. The van der Waals surface area contributed by atoms with E-state index in [1.165, 1.54) is 66.8 Å². The average molecular weight is 881 g/mol. The van der Waals surface area contributed by atoms with Gasteiger partial charge in [0.2, 0.25) is 0 Å². The Hall–Kier alpha value is -7.82. The molecule has 2 heterocycles. The molecular formula is C64H52N2O2. The highest BCUT2D eigenvalue weighted by Crippen LogP contribution is 2.62. The van der Waals surface area contributed by atoms with Crippen LogP contribution in [0, 0.1) is 27.7 Å². The van der Waals surface area contributed by atoms with Crippen LogP contribution in [0.1, 0.15) is 72.2 Å². The first kappa shape index (κ1) is 40.5. The number of nitrogens with zero attached hydrogens (tertiary/aromatic N) is 2. The zero-order valence-corrected chi connectivity index (χ0v) is 39.9. The van der Waals surface area contributed by atoms with Crippen LogP contribution >= 0.6 is 0 Å². The maximum absolute atomic E-state index is 7.20. The van der Waals surface area contributed by atoms with Crippen LogP contribution in [0.2, 0.25) is 0 Å². The molecule has 2 aliphatic carbocycles. The van der Waals surface area contributed by atoms with Gasteiger partial charge in [0.1, 0.15) is 16.7 Å². The average Bonchev–Trinajstić information content (AvgIpc) is 4.04. The van der Waals surface area contributed by atoms with Crippen LogP contribution in [-0.2, 0) is 10.8 Å². The number of rotatable bonds is 6. The van der Waals surface area contributed by atoms with Crippen molar-refractivity contribution in [2.75, 3.05) is 9.80 Å². The predicted molar refractivity (Wildman–Crippen MR) is 284 cm³/mol. The summed E-state index contributed by atoms with van der Waals surface area (Å²) in [4.78, 5) is 4.91. The third kappa shape index (κ3) is 5.49. The first-order valence-corrected chi connectivity index (χ1v) is 23.9. The van der Waals surface area contributed by atoms with Gasteiger partial charge in [-0.25, -0.2) is 0 Å². The summed E-state index contributed by atoms with van der Waals surface area (Å²) in [5.74, 6) is 0. The summed E-state index contributed by atoms with van der Waals surface area (Å²) < 4.78 is 14.3. The van der Waals surface area contributed by atoms with Crippen LogP contribution in [0.5, 0.6) is 0 Å². The Morgan fingerprint density at radius 2 is 0.706 bits per heavy atom. The maximum Gasteiger partial charge on any atom is 0.160 e. The number of benzene rings is 9. The highest BCUT2D eigenvalue weighted by atomic mass is 16.3. The quantitative estimate of drug-likeness (QED) is 0.167. The third-order valence-electron chi connectivity index (χ3n) is 15.6. The van der Waals surface area contributed by atoms with E-state index in [1.54, 1.807) is 0 Å². The van der Waals surface area contributed by atoms with Crippen molar-refractivity contribution in [2.24, 2.45) is 0 Å². The summed E-state index contributed by atoms with van der Waals surface area (Å²) in [6.07, 6.45) is 0. The molecule has 0 bridgehead atoms. The summed E-state index contributed by atoms with van der Waals surface area (Å²) in [5.41, 5.74) is 24.6. The molecule has 0 saturated heterocycles. The second-order valence-corrected chi connectivity index (χ2v) is 20.3. The van der Waals surface area contributed by atoms with E-state index < -0.39 is 0 Å². The summed E-state index contributed by atoms with van der Waals surface area (Å²) in [6.45, 7) is 18.5. The molecule has 0 spiro atoms. The van der Waals surface area contributed by atoms with Gasteiger partial charge in [0.05, 0.1) is 16.8 Å². The molecular weight excluding hydrogens is 829 g/mol. The monoisotopic (exact) mass is 880 g/mol. The molecule has 0 atom stereocenters. The van der Waals surface area contributed by atoms with Gasteiger partial charge >= 0.3 is 0 Å². The topological polar surface area (TPSA) is 32.8 Å². The largest absolute Gasteiger partial charge is 0.455 e.